The smallest absolute Gasteiger partial charge is 0.219 e. The molecule has 1 aliphatic rings. The fourth-order valence-corrected chi connectivity index (χ4v) is 4.80. The van der Waals surface area contributed by atoms with Gasteiger partial charge in [-0.1, -0.05) is 96.7 Å². The Bertz CT molecular complexity index is 988. The second-order valence-corrected chi connectivity index (χ2v) is 8.53. The van der Waals surface area contributed by atoms with E-state index in [-0.39, 0.29) is 16.1 Å². The number of ketones is 1. The van der Waals surface area contributed by atoms with E-state index in [1.54, 1.807) is 0 Å². The standard InChI is InChI=1S/C25H23NO2S/c27-24(23-14-8-7-13-22(23)19-9-3-1-4-10-19)18-26-16-15-21(17-26)29-25(28)20-11-5-2-6-12-20/h1-14,21H,15-18H2. The van der Waals surface area contributed by atoms with Gasteiger partial charge in [0.1, 0.15) is 0 Å². The first-order valence-electron chi connectivity index (χ1n) is 9.87. The van der Waals surface area contributed by atoms with Crippen molar-refractivity contribution in [2.75, 3.05) is 19.6 Å². The quantitative estimate of drug-likeness (QED) is 0.533. The summed E-state index contributed by atoms with van der Waals surface area (Å²) in [5, 5.41) is 0.345. The number of hydrogen-bond donors (Lipinski definition) is 0. The van der Waals surface area contributed by atoms with Crippen LogP contribution in [0.4, 0.5) is 0 Å². The Kier molecular flexibility index (Phi) is 6.23. The molecule has 0 amide bonds. The summed E-state index contributed by atoms with van der Waals surface area (Å²) in [5.41, 5.74) is 3.53. The molecular weight excluding hydrogens is 378 g/mol. The summed E-state index contributed by atoms with van der Waals surface area (Å²) in [4.78, 5) is 27.6. The maximum absolute atomic E-state index is 13.0. The van der Waals surface area contributed by atoms with Crippen LogP contribution in [0.5, 0.6) is 0 Å². The lowest BCUT2D eigenvalue weighted by Crippen LogP contribution is -2.28. The van der Waals surface area contributed by atoms with Crippen molar-refractivity contribution < 1.29 is 9.59 Å². The molecule has 0 bridgehead atoms. The predicted octanol–water partition coefficient (Wildman–Crippen LogP) is 5.18. The third-order valence-electron chi connectivity index (χ3n) is 5.19. The Morgan fingerprint density at radius 1 is 0.862 bits per heavy atom. The number of nitrogens with zero attached hydrogens (tertiary/aromatic N) is 1. The van der Waals surface area contributed by atoms with E-state index >= 15 is 0 Å². The van der Waals surface area contributed by atoms with Crippen LogP contribution in [-0.2, 0) is 0 Å². The van der Waals surface area contributed by atoms with Crippen LogP contribution in [0.1, 0.15) is 27.1 Å². The van der Waals surface area contributed by atoms with Gasteiger partial charge in [0.05, 0.1) is 6.54 Å². The van der Waals surface area contributed by atoms with Gasteiger partial charge in [0, 0.05) is 22.9 Å². The monoisotopic (exact) mass is 401 g/mol. The van der Waals surface area contributed by atoms with Crippen molar-refractivity contribution in [3.63, 3.8) is 0 Å². The zero-order valence-electron chi connectivity index (χ0n) is 16.2. The van der Waals surface area contributed by atoms with Crippen LogP contribution in [0.15, 0.2) is 84.9 Å². The molecule has 1 aliphatic heterocycles. The number of carbonyl (C=O) groups excluding carboxylic acids is 2. The average molecular weight is 402 g/mol. The van der Waals surface area contributed by atoms with Crippen LogP contribution in [-0.4, -0.2) is 40.7 Å². The van der Waals surface area contributed by atoms with Crippen molar-refractivity contribution in [3.05, 3.63) is 96.1 Å². The van der Waals surface area contributed by atoms with Gasteiger partial charge in [0.25, 0.3) is 0 Å². The number of Topliss-reactive ketones (excluding diaryl/α,β-unsaturated/α-hetero) is 1. The van der Waals surface area contributed by atoms with Crippen molar-refractivity contribution in [1.29, 1.82) is 0 Å². The second kappa shape index (κ2) is 9.21. The molecule has 0 spiro atoms. The van der Waals surface area contributed by atoms with E-state index in [0.717, 1.165) is 41.8 Å². The fraction of sp³-hybridized carbons (Fsp3) is 0.200. The predicted molar refractivity (Wildman–Crippen MR) is 119 cm³/mol. The lowest BCUT2D eigenvalue weighted by atomic mass is 9.97. The Hall–Kier alpha value is -2.69. The van der Waals surface area contributed by atoms with E-state index in [9.17, 15) is 9.59 Å². The zero-order chi connectivity index (χ0) is 20.1. The molecule has 0 aliphatic carbocycles. The van der Waals surface area contributed by atoms with Gasteiger partial charge in [-0.05, 0) is 24.1 Å². The van der Waals surface area contributed by atoms with E-state index < -0.39 is 0 Å². The van der Waals surface area contributed by atoms with Crippen LogP contribution in [0.3, 0.4) is 0 Å². The molecule has 4 heteroatoms. The van der Waals surface area contributed by atoms with Crippen molar-refractivity contribution in [2.24, 2.45) is 0 Å². The SMILES string of the molecule is O=C(SC1CCN(CC(=O)c2ccccc2-c2ccccc2)C1)c1ccccc1. The minimum atomic E-state index is 0.109. The summed E-state index contributed by atoms with van der Waals surface area (Å²) in [6, 6.07) is 27.2. The van der Waals surface area contributed by atoms with Gasteiger partial charge in [-0.3, -0.25) is 14.5 Å². The van der Waals surface area contributed by atoms with E-state index in [1.807, 2.05) is 84.9 Å². The number of likely N-dealkylation sites (tertiary alicyclic amines) is 1. The molecule has 1 atom stereocenters. The first-order chi connectivity index (χ1) is 14.2. The molecule has 3 aromatic carbocycles. The molecule has 4 rings (SSSR count). The lowest BCUT2D eigenvalue weighted by molar-refractivity contribution is 0.0946. The molecule has 29 heavy (non-hydrogen) atoms. The van der Waals surface area contributed by atoms with E-state index in [2.05, 4.69) is 4.90 Å². The summed E-state index contributed by atoms with van der Waals surface area (Å²) in [6.45, 7) is 2.00. The normalized spacial score (nSPS) is 16.6. The molecule has 1 unspecified atom stereocenters. The number of rotatable bonds is 6. The summed E-state index contributed by atoms with van der Waals surface area (Å²) < 4.78 is 0. The van der Waals surface area contributed by atoms with Crippen molar-refractivity contribution in [2.45, 2.75) is 11.7 Å². The molecule has 1 fully saturated rings. The largest absolute Gasteiger partial charge is 0.295 e. The molecule has 0 saturated carbocycles. The second-order valence-electron chi connectivity index (χ2n) is 7.25. The van der Waals surface area contributed by atoms with Crippen LogP contribution in [0.2, 0.25) is 0 Å². The van der Waals surface area contributed by atoms with Gasteiger partial charge in [-0.2, -0.15) is 0 Å². The molecule has 0 radical (unpaired) electrons. The maximum atomic E-state index is 13.0. The molecule has 0 N–H and O–H groups in total. The summed E-state index contributed by atoms with van der Waals surface area (Å²) >= 11 is 1.40. The van der Waals surface area contributed by atoms with Crippen LogP contribution in [0, 0.1) is 0 Å². The lowest BCUT2D eigenvalue weighted by Gasteiger charge is -2.16. The Morgan fingerprint density at radius 3 is 2.28 bits per heavy atom. The Morgan fingerprint density at radius 2 is 1.52 bits per heavy atom. The van der Waals surface area contributed by atoms with Crippen molar-refractivity contribution in [3.8, 4) is 11.1 Å². The van der Waals surface area contributed by atoms with Gasteiger partial charge in [-0.25, -0.2) is 0 Å². The highest BCUT2D eigenvalue weighted by molar-refractivity contribution is 8.14. The topological polar surface area (TPSA) is 37.4 Å². The molecule has 1 heterocycles. The minimum absolute atomic E-state index is 0.109. The van der Waals surface area contributed by atoms with Gasteiger partial charge in [0.15, 0.2) is 5.78 Å². The number of thioether (sulfide) groups is 1. The highest BCUT2D eigenvalue weighted by atomic mass is 32.2. The van der Waals surface area contributed by atoms with Crippen molar-refractivity contribution >= 4 is 22.7 Å². The molecular formula is C25H23NO2S. The third-order valence-corrected chi connectivity index (χ3v) is 6.36. The molecule has 1 saturated heterocycles. The number of hydrogen-bond acceptors (Lipinski definition) is 4. The fourth-order valence-electron chi connectivity index (χ4n) is 3.71. The van der Waals surface area contributed by atoms with Gasteiger partial charge >= 0.3 is 0 Å². The van der Waals surface area contributed by atoms with Crippen molar-refractivity contribution in [1.82, 2.24) is 4.90 Å². The van der Waals surface area contributed by atoms with Crippen LogP contribution in [0.25, 0.3) is 11.1 Å². The molecule has 146 valence electrons. The average Bonchev–Trinajstić information content (AvgIpc) is 3.21. The highest BCUT2D eigenvalue weighted by Gasteiger charge is 2.27. The zero-order valence-corrected chi connectivity index (χ0v) is 17.0. The minimum Gasteiger partial charge on any atom is -0.295 e. The summed E-state index contributed by atoms with van der Waals surface area (Å²) in [5.74, 6) is 0.129. The highest BCUT2D eigenvalue weighted by Crippen LogP contribution is 2.27. The third kappa shape index (κ3) is 4.84. The van der Waals surface area contributed by atoms with E-state index in [1.165, 1.54) is 11.8 Å². The summed E-state index contributed by atoms with van der Waals surface area (Å²) in [6.07, 6.45) is 0.927. The van der Waals surface area contributed by atoms with E-state index in [4.69, 9.17) is 0 Å². The first-order valence-corrected chi connectivity index (χ1v) is 10.7. The first kappa shape index (κ1) is 19.6. The molecule has 3 nitrogen and oxygen atoms in total. The number of benzene rings is 3. The molecule has 0 aromatic heterocycles. The Balaban J connectivity index is 1.39. The summed E-state index contributed by atoms with van der Waals surface area (Å²) in [7, 11) is 0. The molecule has 3 aromatic rings. The van der Waals surface area contributed by atoms with Gasteiger partial charge in [0.2, 0.25) is 5.12 Å². The van der Waals surface area contributed by atoms with E-state index in [0.29, 0.717) is 6.54 Å². The van der Waals surface area contributed by atoms with Crippen LogP contribution >= 0.6 is 11.8 Å². The van der Waals surface area contributed by atoms with Crippen LogP contribution < -0.4 is 0 Å². The van der Waals surface area contributed by atoms with Gasteiger partial charge < -0.3 is 0 Å². The van der Waals surface area contributed by atoms with Gasteiger partial charge in [-0.15, -0.1) is 0 Å². The maximum Gasteiger partial charge on any atom is 0.219 e. The Labute approximate surface area is 175 Å². The number of carbonyl (C=O) groups is 2.